The zero-order valence-electron chi connectivity index (χ0n) is 13.6. The Bertz CT molecular complexity index is 601. The van der Waals surface area contributed by atoms with Crippen molar-refractivity contribution in [3.63, 3.8) is 0 Å². The van der Waals surface area contributed by atoms with Gasteiger partial charge in [0.2, 0.25) is 5.91 Å². The number of carbonyl (C=O) groups is 2. The highest BCUT2D eigenvalue weighted by Crippen LogP contribution is 2.53. The fourth-order valence-electron chi connectivity index (χ4n) is 3.30. The van der Waals surface area contributed by atoms with Gasteiger partial charge in [-0.1, -0.05) is 13.8 Å². The summed E-state index contributed by atoms with van der Waals surface area (Å²) < 4.78 is 33.2. The van der Waals surface area contributed by atoms with Crippen LogP contribution >= 0.6 is 7.82 Å². The Morgan fingerprint density at radius 1 is 1.50 bits per heavy atom. The minimum Gasteiger partial charge on any atom is -0.368 e. The summed E-state index contributed by atoms with van der Waals surface area (Å²) in [7, 11) is -3.18. The van der Waals surface area contributed by atoms with Crippen molar-refractivity contribution in [2.45, 2.75) is 44.3 Å². The molecule has 3 saturated heterocycles. The summed E-state index contributed by atoms with van der Waals surface area (Å²) in [6.45, 7) is 3.88. The van der Waals surface area contributed by atoms with E-state index in [-0.39, 0.29) is 19.1 Å². The van der Waals surface area contributed by atoms with Crippen molar-refractivity contribution in [2.75, 3.05) is 20.3 Å². The Morgan fingerprint density at radius 3 is 2.83 bits per heavy atom. The first-order valence-electron chi connectivity index (χ1n) is 7.71. The van der Waals surface area contributed by atoms with Gasteiger partial charge in [-0.25, -0.2) is 9.36 Å². The SMILES string of the molecule is CCC12COC([C@H](N3CC(C)C(=O)NC3=O)O1)[C@H]2OP(=O)(O)OC. The fourth-order valence-corrected chi connectivity index (χ4v) is 3.98. The number of ether oxygens (including phenoxy) is 2. The predicted molar refractivity (Wildman–Crippen MR) is 78.8 cm³/mol. The summed E-state index contributed by atoms with van der Waals surface area (Å²) in [5.41, 5.74) is -0.947. The Balaban J connectivity index is 1.84. The maximum atomic E-state index is 12.1. The lowest BCUT2D eigenvalue weighted by Crippen LogP contribution is -2.60. The zero-order chi connectivity index (χ0) is 17.7. The van der Waals surface area contributed by atoms with Crippen LogP contribution < -0.4 is 5.32 Å². The van der Waals surface area contributed by atoms with Crippen LogP contribution in [0.5, 0.6) is 0 Å². The van der Waals surface area contributed by atoms with E-state index >= 15 is 0 Å². The minimum absolute atomic E-state index is 0.169. The zero-order valence-corrected chi connectivity index (χ0v) is 14.5. The van der Waals surface area contributed by atoms with Gasteiger partial charge in [-0.2, -0.15) is 0 Å². The van der Waals surface area contributed by atoms with E-state index in [1.165, 1.54) is 4.90 Å². The third-order valence-corrected chi connectivity index (χ3v) is 5.72. The molecule has 2 bridgehead atoms. The van der Waals surface area contributed by atoms with E-state index in [0.717, 1.165) is 7.11 Å². The van der Waals surface area contributed by atoms with Crippen LogP contribution in [0.15, 0.2) is 0 Å². The molecule has 3 aliphatic rings. The number of fused-ring (bicyclic) bond motifs is 2. The van der Waals surface area contributed by atoms with E-state index in [1.54, 1.807) is 6.92 Å². The van der Waals surface area contributed by atoms with Crippen LogP contribution in [0.2, 0.25) is 0 Å². The largest absolute Gasteiger partial charge is 0.472 e. The minimum atomic E-state index is -4.25. The van der Waals surface area contributed by atoms with Gasteiger partial charge in [0.1, 0.15) is 17.8 Å². The Hall–Kier alpha value is -1.03. The maximum absolute atomic E-state index is 12.1. The lowest BCUT2D eigenvalue weighted by atomic mass is 9.96. The second-order valence-electron chi connectivity index (χ2n) is 6.23. The van der Waals surface area contributed by atoms with Crippen LogP contribution in [0.1, 0.15) is 20.3 Å². The van der Waals surface area contributed by atoms with Crippen molar-refractivity contribution in [3.8, 4) is 0 Å². The highest BCUT2D eigenvalue weighted by molar-refractivity contribution is 7.47. The van der Waals surface area contributed by atoms with E-state index in [9.17, 15) is 19.0 Å². The molecule has 3 heterocycles. The summed E-state index contributed by atoms with van der Waals surface area (Å²) in [5, 5.41) is 2.26. The molecule has 0 aliphatic carbocycles. The fraction of sp³-hybridized carbons (Fsp3) is 0.846. The van der Waals surface area contributed by atoms with Crippen LogP contribution in [0.25, 0.3) is 0 Å². The third kappa shape index (κ3) is 2.77. The third-order valence-electron chi connectivity index (χ3n) is 4.77. The van der Waals surface area contributed by atoms with Gasteiger partial charge in [-0.05, 0) is 6.42 Å². The first-order chi connectivity index (χ1) is 11.2. The van der Waals surface area contributed by atoms with E-state index in [2.05, 4.69) is 9.84 Å². The average Bonchev–Trinajstić information content (AvgIpc) is 3.03. The van der Waals surface area contributed by atoms with Gasteiger partial charge in [0.25, 0.3) is 0 Å². The molecule has 10 nitrogen and oxygen atoms in total. The number of phosphoric ester groups is 1. The Kier molecular flexibility index (Phi) is 4.48. The summed E-state index contributed by atoms with van der Waals surface area (Å²) >= 11 is 0. The van der Waals surface area contributed by atoms with Gasteiger partial charge in [-0.15, -0.1) is 0 Å². The van der Waals surface area contributed by atoms with Crippen molar-refractivity contribution in [3.05, 3.63) is 0 Å². The topological polar surface area (TPSA) is 124 Å². The number of nitrogens with zero attached hydrogens (tertiary/aromatic N) is 1. The molecule has 3 amide bonds. The molecule has 4 unspecified atom stereocenters. The maximum Gasteiger partial charge on any atom is 0.472 e. The number of amides is 3. The number of nitrogens with one attached hydrogen (secondary N) is 1. The first kappa shape index (κ1) is 17.8. The Labute approximate surface area is 139 Å². The molecule has 3 fully saturated rings. The van der Waals surface area contributed by atoms with E-state index < -0.39 is 43.8 Å². The number of phosphoric acid groups is 1. The number of urea groups is 1. The molecule has 6 atom stereocenters. The first-order valence-corrected chi connectivity index (χ1v) is 9.20. The normalized spacial score (nSPS) is 41.4. The summed E-state index contributed by atoms with van der Waals surface area (Å²) in [4.78, 5) is 34.7. The van der Waals surface area contributed by atoms with Crippen molar-refractivity contribution < 1.29 is 37.6 Å². The molecule has 3 aliphatic heterocycles. The molecule has 0 radical (unpaired) electrons. The van der Waals surface area contributed by atoms with E-state index in [0.29, 0.717) is 6.42 Å². The summed E-state index contributed by atoms with van der Waals surface area (Å²) in [5.74, 6) is -0.747. The molecular weight excluding hydrogens is 343 g/mol. The Morgan fingerprint density at radius 2 is 2.21 bits per heavy atom. The molecule has 0 aromatic rings. The molecule has 0 saturated carbocycles. The average molecular weight is 364 g/mol. The number of hydrogen-bond donors (Lipinski definition) is 2. The van der Waals surface area contributed by atoms with Crippen LogP contribution in [0.4, 0.5) is 4.79 Å². The lowest BCUT2D eigenvalue weighted by molar-refractivity contribution is -0.189. The smallest absolute Gasteiger partial charge is 0.368 e. The van der Waals surface area contributed by atoms with Crippen LogP contribution in [-0.2, 0) is 27.9 Å². The standard InChI is InChI=1S/C13H21N2O8P/c1-4-13-6-21-8(9(13)23-24(18,19)20-3)11(22-13)15-5-7(2)10(16)14-12(15)17/h7-9,11H,4-6H2,1-3H3,(H,18,19)(H,14,16,17)/t7?,8?,9-,11-,13?/m1/s1. The highest BCUT2D eigenvalue weighted by atomic mass is 31.2. The molecule has 3 rings (SSSR count). The van der Waals surface area contributed by atoms with Gasteiger partial charge in [0, 0.05) is 13.7 Å². The van der Waals surface area contributed by atoms with Gasteiger partial charge >= 0.3 is 13.9 Å². The molecule has 0 aromatic carbocycles. The van der Waals surface area contributed by atoms with Crippen LogP contribution in [0.3, 0.4) is 0 Å². The predicted octanol–water partition coefficient (Wildman–Crippen LogP) is 0.210. The molecule has 24 heavy (non-hydrogen) atoms. The molecule has 0 aromatic heterocycles. The quantitative estimate of drug-likeness (QED) is 0.664. The van der Waals surface area contributed by atoms with Crippen LogP contribution in [-0.4, -0.2) is 66.0 Å². The molecule has 136 valence electrons. The van der Waals surface area contributed by atoms with Crippen molar-refractivity contribution in [1.82, 2.24) is 10.2 Å². The lowest BCUT2D eigenvalue weighted by Gasteiger charge is -2.39. The van der Waals surface area contributed by atoms with E-state index in [4.69, 9.17) is 14.0 Å². The van der Waals surface area contributed by atoms with Gasteiger partial charge in [-0.3, -0.25) is 24.1 Å². The molecule has 0 spiro atoms. The summed E-state index contributed by atoms with van der Waals surface area (Å²) in [6.07, 6.45) is -1.95. The van der Waals surface area contributed by atoms with Gasteiger partial charge < -0.3 is 14.4 Å². The number of imide groups is 1. The highest BCUT2D eigenvalue weighted by Gasteiger charge is 2.65. The van der Waals surface area contributed by atoms with E-state index in [1.807, 2.05) is 6.92 Å². The summed E-state index contributed by atoms with van der Waals surface area (Å²) in [6, 6.07) is -0.580. The molecule has 11 heteroatoms. The van der Waals surface area contributed by atoms with Gasteiger partial charge in [0.05, 0.1) is 12.5 Å². The number of rotatable bonds is 5. The second-order valence-corrected chi connectivity index (χ2v) is 7.74. The van der Waals surface area contributed by atoms with Crippen molar-refractivity contribution >= 4 is 19.8 Å². The number of hydrogen-bond acceptors (Lipinski definition) is 7. The molecular formula is C13H21N2O8P. The molecule has 2 N–H and O–H groups in total. The van der Waals surface area contributed by atoms with Crippen molar-refractivity contribution in [2.24, 2.45) is 5.92 Å². The second kappa shape index (κ2) is 6.05. The van der Waals surface area contributed by atoms with Crippen molar-refractivity contribution in [1.29, 1.82) is 0 Å². The number of carbonyl (C=O) groups excluding carboxylic acids is 2. The van der Waals surface area contributed by atoms with Gasteiger partial charge in [0.15, 0.2) is 6.23 Å². The van der Waals surface area contributed by atoms with Crippen LogP contribution in [0, 0.1) is 5.92 Å². The monoisotopic (exact) mass is 364 g/mol.